The highest BCUT2D eigenvalue weighted by molar-refractivity contribution is 5.96. The third-order valence-electron chi connectivity index (χ3n) is 3.26. The molecule has 1 aromatic carbocycles. The molecule has 2 rings (SSSR count). The Morgan fingerprint density at radius 2 is 2.00 bits per heavy atom. The van der Waals surface area contributed by atoms with Crippen molar-refractivity contribution in [1.82, 2.24) is 4.90 Å². The normalized spacial score (nSPS) is 16.2. The van der Waals surface area contributed by atoms with Crippen LogP contribution in [0.25, 0.3) is 0 Å². The quantitative estimate of drug-likeness (QED) is 0.495. The minimum Gasteiger partial charge on any atom is -0.339 e. The van der Waals surface area contributed by atoms with Gasteiger partial charge in [-0.15, -0.1) is 5.11 Å². The monoisotopic (exact) mass is 246 g/mol. The first-order chi connectivity index (χ1) is 8.72. The van der Waals surface area contributed by atoms with Crippen molar-refractivity contribution in [2.45, 2.75) is 26.2 Å². The van der Waals surface area contributed by atoms with Gasteiger partial charge in [0.25, 0.3) is 5.91 Å². The highest BCUT2D eigenvalue weighted by Gasteiger charge is 2.19. The molecule has 5 heteroatoms. The predicted molar refractivity (Wildman–Crippen MR) is 69.6 cm³/mol. The van der Waals surface area contributed by atoms with E-state index in [-0.39, 0.29) is 5.91 Å². The molecule has 1 aromatic rings. The fourth-order valence-electron chi connectivity index (χ4n) is 2.28. The third-order valence-corrected chi connectivity index (χ3v) is 3.26. The van der Waals surface area contributed by atoms with Gasteiger partial charge in [0, 0.05) is 18.7 Å². The smallest absolute Gasteiger partial charge is 0.254 e. The van der Waals surface area contributed by atoms with Crippen LogP contribution in [0.5, 0.6) is 0 Å². The zero-order valence-corrected chi connectivity index (χ0v) is 10.6. The Morgan fingerprint density at radius 1 is 1.28 bits per heavy atom. The summed E-state index contributed by atoms with van der Waals surface area (Å²) in [5.41, 5.74) is 2.33. The summed E-state index contributed by atoms with van der Waals surface area (Å²) in [5, 5.41) is 7.00. The highest BCUT2D eigenvalue weighted by Crippen LogP contribution is 2.20. The van der Waals surface area contributed by atoms with Crippen LogP contribution in [-0.4, -0.2) is 23.9 Å². The first kappa shape index (κ1) is 12.5. The van der Waals surface area contributed by atoms with Crippen LogP contribution in [0.1, 0.15) is 35.2 Å². The molecule has 0 spiro atoms. The Balaban J connectivity index is 2.19. The summed E-state index contributed by atoms with van der Waals surface area (Å²) < 4.78 is 0. The lowest BCUT2D eigenvalue weighted by atomic mass is 10.0. The number of nitrogens with two attached hydrogens (primary N) is 1. The number of hydrogen-bond acceptors (Lipinski definition) is 3. The molecule has 0 aromatic heterocycles. The lowest BCUT2D eigenvalue weighted by Crippen LogP contribution is -2.35. The average molecular weight is 246 g/mol. The molecule has 0 unspecified atom stereocenters. The summed E-state index contributed by atoms with van der Waals surface area (Å²) in [6.07, 6.45) is 3.42. The van der Waals surface area contributed by atoms with Crippen LogP contribution < -0.4 is 5.84 Å². The van der Waals surface area contributed by atoms with E-state index in [1.165, 1.54) is 6.42 Å². The second-order valence-electron chi connectivity index (χ2n) is 4.57. The van der Waals surface area contributed by atoms with Gasteiger partial charge in [-0.2, -0.15) is 0 Å². The van der Waals surface area contributed by atoms with Crippen LogP contribution in [-0.2, 0) is 0 Å². The number of carbonyl (C=O) groups excluding carboxylic acids is 1. The van der Waals surface area contributed by atoms with Crippen molar-refractivity contribution in [2.24, 2.45) is 16.2 Å². The number of rotatable bonds is 2. The summed E-state index contributed by atoms with van der Waals surface area (Å²) in [5.74, 6) is 5.12. The molecule has 18 heavy (non-hydrogen) atoms. The van der Waals surface area contributed by atoms with Crippen LogP contribution in [0.15, 0.2) is 28.5 Å². The van der Waals surface area contributed by atoms with Crippen molar-refractivity contribution in [1.29, 1.82) is 0 Å². The standard InChI is InChI=1S/C13H18N4O/c1-10-9-11(15-16-14)5-6-12(10)13(18)17-7-3-2-4-8-17/h5-6,9H,2-4,7-8H2,1H3,(H2,14,15). The number of likely N-dealkylation sites (tertiary alicyclic amines) is 1. The van der Waals surface area contributed by atoms with Gasteiger partial charge in [-0.3, -0.25) is 4.79 Å². The van der Waals surface area contributed by atoms with Gasteiger partial charge in [0.15, 0.2) is 0 Å². The number of nitrogens with zero attached hydrogens (tertiary/aromatic N) is 3. The van der Waals surface area contributed by atoms with Gasteiger partial charge in [-0.25, -0.2) is 0 Å². The van der Waals surface area contributed by atoms with Crippen molar-refractivity contribution in [3.05, 3.63) is 29.3 Å². The Bertz CT molecular complexity index is 464. The minimum absolute atomic E-state index is 0.114. The Hall–Kier alpha value is -1.91. The number of benzene rings is 1. The fraction of sp³-hybridized carbons (Fsp3) is 0.462. The van der Waals surface area contributed by atoms with E-state index in [1.54, 1.807) is 12.1 Å². The van der Waals surface area contributed by atoms with E-state index in [0.29, 0.717) is 5.69 Å². The molecule has 1 aliphatic rings. The number of amides is 1. The molecule has 5 nitrogen and oxygen atoms in total. The fourth-order valence-corrected chi connectivity index (χ4v) is 2.28. The largest absolute Gasteiger partial charge is 0.339 e. The van der Waals surface area contributed by atoms with Crippen molar-refractivity contribution in [3.63, 3.8) is 0 Å². The Labute approximate surface area is 107 Å². The maximum absolute atomic E-state index is 12.3. The van der Waals surface area contributed by atoms with Gasteiger partial charge < -0.3 is 10.7 Å². The molecule has 1 aliphatic heterocycles. The predicted octanol–water partition coefficient (Wildman–Crippen LogP) is 2.58. The zero-order valence-electron chi connectivity index (χ0n) is 10.6. The van der Waals surface area contributed by atoms with Crippen LogP contribution >= 0.6 is 0 Å². The molecule has 0 radical (unpaired) electrons. The molecule has 96 valence electrons. The SMILES string of the molecule is Cc1cc(N=NN)ccc1C(=O)N1CCCCC1. The van der Waals surface area contributed by atoms with Crippen LogP contribution in [0.4, 0.5) is 5.69 Å². The van der Waals surface area contributed by atoms with Gasteiger partial charge in [-0.1, -0.05) is 5.22 Å². The average Bonchev–Trinajstić information content (AvgIpc) is 2.40. The molecular weight excluding hydrogens is 228 g/mol. The van der Waals surface area contributed by atoms with Gasteiger partial charge in [0.2, 0.25) is 0 Å². The van der Waals surface area contributed by atoms with E-state index >= 15 is 0 Å². The molecule has 1 amide bonds. The van der Waals surface area contributed by atoms with Crippen molar-refractivity contribution < 1.29 is 4.79 Å². The number of carbonyl (C=O) groups is 1. The molecule has 0 aliphatic carbocycles. The first-order valence-electron chi connectivity index (χ1n) is 6.23. The lowest BCUT2D eigenvalue weighted by molar-refractivity contribution is 0.0723. The number of hydrogen-bond donors (Lipinski definition) is 1. The molecule has 2 N–H and O–H groups in total. The van der Waals surface area contributed by atoms with E-state index in [0.717, 1.165) is 37.1 Å². The molecular formula is C13H18N4O. The molecule has 0 bridgehead atoms. The van der Waals surface area contributed by atoms with E-state index in [2.05, 4.69) is 10.3 Å². The molecule has 0 atom stereocenters. The van der Waals surface area contributed by atoms with Crippen LogP contribution in [0, 0.1) is 6.92 Å². The van der Waals surface area contributed by atoms with E-state index in [9.17, 15) is 4.79 Å². The Morgan fingerprint density at radius 3 is 2.61 bits per heavy atom. The number of piperidine rings is 1. The molecule has 1 fully saturated rings. The summed E-state index contributed by atoms with van der Waals surface area (Å²) in [6.45, 7) is 3.64. The van der Waals surface area contributed by atoms with E-state index in [4.69, 9.17) is 5.84 Å². The van der Waals surface area contributed by atoms with Crippen molar-refractivity contribution >= 4 is 11.6 Å². The maximum atomic E-state index is 12.3. The highest BCUT2D eigenvalue weighted by atomic mass is 16.2. The first-order valence-corrected chi connectivity index (χ1v) is 6.23. The van der Waals surface area contributed by atoms with Gasteiger partial charge in [0.1, 0.15) is 0 Å². The topological polar surface area (TPSA) is 71.0 Å². The van der Waals surface area contributed by atoms with Crippen molar-refractivity contribution in [3.8, 4) is 0 Å². The van der Waals surface area contributed by atoms with Gasteiger partial charge in [0.05, 0.1) is 5.69 Å². The molecule has 0 saturated carbocycles. The summed E-state index contributed by atoms with van der Waals surface area (Å²) >= 11 is 0. The number of aryl methyl sites for hydroxylation is 1. The van der Waals surface area contributed by atoms with Gasteiger partial charge in [-0.05, 0) is 49.9 Å². The lowest BCUT2D eigenvalue weighted by Gasteiger charge is -2.27. The summed E-state index contributed by atoms with van der Waals surface area (Å²) in [6, 6.07) is 5.39. The van der Waals surface area contributed by atoms with Gasteiger partial charge >= 0.3 is 0 Å². The third kappa shape index (κ3) is 2.67. The van der Waals surface area contributed by atoms with E-state index in [1.807, 2.05) is 17.9 Å². The zero-order chi connectivity index (χ0) is 13.0. The Kier molecular flexibility index (Phi) is 3.92. The van der Waals surface area contributed by atoms with Crippen LogP contribution in [0.2, 0.25) is 0 Å². The second kappa shape index (κ2) is 5.62. The van der Waals surface area contributed by atoms with Crippen molar-refractivity contribution in [2.75, 3.05) is 13.1 Å². The second-order valence-corrected chi connectivity index (χ2v) is 4.57. The maximum Gasteiger partial charge on any atom is 0.254 e. The van der Waals surface area contributed by atoms with E-state index < -0.39 is 0 Å². The summed E-state index contributed by atoms with van der Waals surface area (Å²) in [7, 11) is 0. The minimum atomic E-state index is 0.114. The molecule has 1 heterocycles. The van der Waals surface area contributed by atoms with Crippen LogP contribution in [0.3, 0.4) is 0 Å². The summed E-state index contributed by atoms with van der Waals surface area (Å²) in [4.78, 5) is 14.3. The molecule has 1 saturated heterocycles.